The van der Waals surface area contributed by atoms with Gasteiger partial charge in [-0.15, -0.1) is 0 Å². The number of methoxy groups -OCH3 is 2. The maximum atomic E-state index is 12.6. The van der Waals surface area contributed by atoms with Crippen molar-refractivity contribution in [2.45, 2.75) is 18.7 Å². The molecule has 0 spiro atoms. The fourth-order valence-electron chi connectivity index (χ4n) is 2.89. The molecule has 0 bridgehead atoms. The van der Waals surface area contributed by atoms with Gasteiger partial charge in [-0.2, -0.15) is 4.31 Å². The van der Waals surface area contributed by atoms with Gasteiger partial charge in [-0.3, -0.25) is 14.9 Å². The van der Waals surface area contributed by atoms with Gasteiger partial charge >= 0.3 is 5.69 Å². The van der Waals surface area contributed by atoms with Crippen molar-refractivity contribution >= 4 is 21.5 Å². The Morgan fingerprint density at radius 2 is 1.68 bits per heavy atom. The number of ether oxygens (including phenoxy) is 3. The lowest BCUT2D eigenvalue weighted by molar-refractivity contribution is -0.386. The average molecular weight is 452 g/mol. The van der Waals surface area contributed by atoms with Crippen LogP contribution in [0.25, 0.3) is 0 Å². The Labute approximate surface area is 180 Å². The topological polar surface area (TPSA) is 125 Å². The van der Waals surface area contributed by atoms with Crippen molar-refractivity contribution in [2.75, 3.05) is 33.9 Å². The third-order valence-corrected chi connectivity index (χ3v) is 6.58. The van der Waals surface area contributed by atoms with Crippen LogP contribution in [0.1, 0.15) is 24.2 Å². The molecule has 0 unspecified atom stereocenters. The summed E-state index contributed by atoms with van der Waals surface area (Å²) < 4.78 is 42.1. The van der Waals surface area contributed by atoms with Crippen molar-refractivity contribution in [2.24, 2.45) is 0 Å². The van der Waals surface area contributed by atoms with Gasteiger partial charge in [-0.1, -0.05) is 13.8 Å². The zero-order valence-electron chi connectivity index (χ0n) is 17.7. The molecule has 11 heteroatoms. The first-order valence-corrected chi connectivity index (χ1v) is 10.8. The molecule has 0 heterocycles. The number of nitro benzene ring substituents is 1. The summed E-state index contributed by atoms with van der Waals surface area (Å²) in [6, 6.07) is 7.97. The quantitative estimate of drug-likeness (QED) is 0.289. The van der Waals surface area contributed by atoms with Crippen LogP contribution in [0.5, 0.6) is 17.2 Å². The molecule has 168 valence electrons. The number of ketones is 1. The monoisotopic (exact) mass is 452 g/mol. The number of rotatable bonds is 11. The third kappa shape index (κ3) is 5.30. The summed E-state index contributed by atoms with van der Waals surface area (Å²) in [6.07, 6.45) is 0. The van der Waals surface area contributed by atoms with Crippen molar-refractivity contribution in [3.8, 4) is 17.2 Å². The lowest BCUT2D eigenvalue weighted by Crippen LogP contribution is -2.30. The molecule has 0 aliphatic carbocycles. The summed E-state index contributed by atoms with van der Waals surface area (Å²) in [7, 11) is -1.04. The molecule has 2 aromatic carbocycles. The van der Waals surface area contributed by atoms with Gasteiger partial charge in [0.1, 0.15) is 11.5 Å². The number of hydrogen-bond donors (Lipinski definition) is 0. The van der Waals surface area contributed by atoms with Gasteiger partial charge in [-0.25, -0.2) is 8.42 Å². The minimum atomic E-state index is -3.89. The smallest absolute Gasteiger partial charge is 0.312 e. The van der Waals surface area contributed by atoms with Crippen LogP contribution in [0.2, 0.25) is 0 Å². The van der Waals surface area contributed by atoms with E-state index >= 15 is 0 Å². The molecule has 0 aliphatic heterocycles. The zero-order chi connectivity index (χ0) is 23.2. The van der Waals surface area contributed by atoms with Crippen LogP contribution in [0.15, 0.2) is 41.3 Å². The molecular weight excluding hydrogens is 428 g/mol. The minimum absolute atomic E-state index is 0.185. The van der Waals surface area contributed by atoms with Crippen LogP contribution in [-0.2, 0) is 10.0 Å². The highest BCUT2D eigenvalue weighted by Gasteiger charge is 2.27. The highest BCUT2D eigenvalue weighted by molar-refractivity contribution is 7.89. The van der Waals surface area contributed by atoms with Crippen LogP contribution in [0.3, 0.4) is 0 Å². The highest BCUT2D eigenvalue weighted by Crippen LogP contribution is 2.31. The number of sulfonamides is 1. The first kappa shape index (κ1) is 24.1. The molecular formula is C20H24N2O8S. The number of carbonyl (C=O) groups excluding carboxylic acids is 1. The van der Waals surface area contributed by atoms with Gasteiger partial charge in [0.2, 0.25) is 15.8 Å². The molecule has 0 saturated heterocycles. The Morgan fingerprint density at radius 1 is 1.03 bits per heavy atom. The normalized spacial score (nSPS) is 11.3. The number of hydrogen-bond acceptors (Lipinski definition) is 8. The van der Waals surface area contributed by atoms with E-state index in [0.717, 1.165) is 6.07 Å². The average Bonchev–Trinajstić information content (AvgIpc) is 2.77. The van der Waals surface area contributed by atoms with Crippen molar-refractivity contribution in [3.63, 3.8) is 0 Å². The van der Waals surface area contributed by atoms with Crippen molar-refractivity contribution in [3.05, 3.63) is 52.1 Å². The Kier molecular flexibility index (Phi) is 7.95. The standard InChI is InChI=1S/C20H24N2O8S/c1-5-21(6-2)31(26,27)15-8-10-20(17(12-15)22(24)25)30-13-18(23)16-11-14(28-3)7-9-19(16)29-4/h7-12H,5-6,13H2,1-4H3. The molecule has 10 nitrogen and oxygen atoms in total. The Morgan fingerprint density at radius 3 is 2.23 bits per heavy atom. The van der Waals surface area contributed by atoms with E-state index in [0.29, 0.717) is 11.5 Å². The Hall–Kier alpha value is -3.18. The van der Waals surface area contributed by atoms with Gasteiger partial charge in [0.15, 0.2) is 12.4 Å². The van der Waals surface area contributed by atoms with Crippen LogP contribution in [0, 0.1) is 10.1 Å². The van der Waals surface area contributed by atoms with Crippen LogP contribution in [-0.4, -0.2) is 57.3 Å². The summed E-state index contributed by atoms with van der Waals surface area (Å²) in [5.41, 5.74) is -0.371. The van der Waals surface area contributed by atoms with E-state index in [9.17, 15) is 23.3 Å². The molecule has 0 radical (unpaired) electrons. The van der Waals surface area contributed by atoms with Crippen molar-refractivity contribution < 1.29 is 32.3 Å². The molecule has 2 rings (SSSR count). The van der Waals surface area contributed by atoms with E-state index in [1.807, 2.05) is 0 Å². The molecule has 0 aliphatic rings. The Bertz CT molecular complexity index is 1060. The van der Waals surface area contributed by atoms with E-state index in [1.165, 1.54) is 36.7 Å². The van der Waals surface area contributed by atoms with Crippen molar-refractivity contribution in [1.29, 1.82) is 0 Å². The second kappa shape index (κ2) is 10.2. The van der Waals surface area contributed by atoms with E-state index in [-0.39, 0.29) is 29.3 Å². The van der Waals surface area contributed by atoms with E-state index in [4.69, 9.17) is 14.2 Å². The molecule has 0 saturated carbocycles. The predicted octanol–water partition coefficient (Wildman–Crippen LogP) is 2.90. The molecule has 0 N–H and O–H groups in total. The zero-order valence-corrected chi connectivity index (χ0v) is 18.5. The SMILES string of the molecule is CCN(CC)S(=O)(=O)c1ccc(OCC(=O)c2cc(OC)ccc2OC)c([N+](=O)[O-])c1. The second-order valence-electron chi connectivity index (χ2n) is 6.25. The third-order valence-electron chi connectivity index (χ3n) is 4.54. The maximum Gasteiger partial charge on any atom is 0.312 e. The fraction of sp³-hybridized carbons (Fsp3) is 0.350. The van der Waals surface area contributed by atoms with E-state index in [1.54, 1.807) is 26.0 Å². The lowest BCUT2D eigenvalue weighted by Gasteiger charge is -2.18. The Balaban J connectivity index is 2.32. The number of Topliss-reactive ketones (excluding diaryl/α,β-unsaturated/α-hetero) is 1. The molecule has 2 aromatic rings. The minimum Gasteiger partial charge on any atom is -0.497 e. The van der Waals surface area contributed by atoms with Crippen LogP contribution >= 0.6 is 0 Å². The number of carbonyl (C=O) groups is 1. The summed E-state index contributed by atoms with van der Waals surface area (Å²) in [4.78, 5) is 23.1. The predicted molar refractivity (Wildman–Crippen MR) is 113 cm³/mol. The summed E-state index contributed by atoms with van der Waals surface area (Å²) in [5, 5.41) is 11.5. The van der Waals surface area contributed by atoms with Gasteiger partial charge in [0.25, 0.3) is 0 Å². The lowest BCUT2D eigenvalue weighted by atomic mass is 10.1. The summed E-state index contributed by atoms with van der Waals surface area (Å²) in [5.74, 6) is 0.00857. The fourth-order valence-corrected chi connectivity index (χ4v) is 4.37. The van der Waals surface area contributed by atoms with Gasteiger partial charge < -0.3 is 14.2 Å². The summed E-state index contributed by atoms with van der Waals surface area (Å²) in [6.45, 7) is 3.27. The van der Waals surface area contributed by atoms with Crippen LogP contribution in [0.4, 0.5) is 5.69 Å². The molecule has 31 heavy (non-hydrogen) atoms. The first-order chi connectivity index (χ1) is 14.7. The van der Waals surface area contributed by atoms with E-state index in [2.05, 4.69) is 0 Å². The number of nitrogens with zero attached hydrogens (tertiary/aromatic N) is 2. The van der Waals surface area contributed by atoms with Gasteiger partial charge in [-0.05, 0) is 30.3 Å². The summed E-state index contributed by atoms with van der Waals surface area (Å²) >= 11 is 0. The molecule has 0 aromatic heterocycles. The number of benzene rings is 2. The molecule has 0 amide bonds. The molecule has 0 atom stereocenters. The van der Waals surface area contributed by atoms with Crippen LogP contribution < -0.4 is 14.2 Å². The second-order valence-corrected chi connectivity index (χ2v) is 8.19. The largest absolute Gasteiger partial charge is 0.497 e. The van der Waals surface area contributed by atoms with E-state index < -0.39 is 33.0 Å². The maximum absolute atomic E-state index is 12.6. The number of nitro groups is 1. The van der Waals surface area contributed by atoms with Crippen molar-refractivity contribution in [1.82, 2.24) is 4.31 Å². The van der Waals surface area contributed by atoms with Gasteiger partial charge in [0.05, 0.1) is 29.6 Å². The van der Waals surface area contributed by atoms with Gasteiger partial charge in [0, 0.05) is 19.2 Å². The molecule has 0 fully saturated rings. The highest BCUT2D eigenvalue weighted by atomic mass is 32.2. The first-order valence-electron chi connectivity index (χ1n) is 9.36.